The van der Waals surface area contributed by atoms with Crippen molar-refractivity contribution in [3.63, 3.8) is 0 Å². The first-order valence-electron chi connectivity index (χ1n) is 15.3. The Hall–Kier alpha value is -3.30. The zero-order valence-corrected chi connectivity index (χ0v) is 28.9. The molecule has 2 aromatic carbocycles. The first kappa shape index (κ1) is 32.3. The van der Waals surface area contributed by atoms with Crippen LogP contribution in [0.3, 0.4) is 0 Å². The van der Waals surface area contributed by atoms with Gasteiger partial charge in [-0.3, -0.25) is 4.90 Å². The number of nitrogens with zero attached hydrogens (tertiary/aromatic N) is 7. The summed E-state index contributed by atoms with van der Waals surface area (Å²) in [5.74, 6) is 1.28. The number of nitrogens with one attached hydrogen (secondary N) is 1. The molecule has 5 heterocycles. The summed E-state index contributed by atoms with van der Waals surface area (Å²) in [5, 5.41) is 6.72. The molecular weight excluding hydrogens is 679 g/mol. The third-order valence-electron chi connectivity index (χ3n) is 8.45. The van der Waals surface area contributed by atoms with Gasteiger partial charge in [0.2, 0.25) is 16.0 Å². The molecule has 5 aromatic rings. The van der Waals surface area contributed by atoms with Crippen molar-refractivity contribution in [2.45, 2.75) is 13.1 Å². The van der Waals surface area contributed by atoms with Gasteiger partial charge in [0.25, 0.3) is 0 Å². The summed E-state index contributed by atoms with van der Waals surface area (Å²) in [6.07, 6.45) is 5.11. The van der Waals surface area contributed by atoms with Crippen LogP contribution in [0.25, 0.3) is 21.1 Å². The van der Waals surface area contributed by atoms with Gasteiger partial charge in [-0.1, -0.05) is 53.5 Å². The van der Waals surface area contributed by atoms with Crippen LogP contribution in [0.4, 0.5) is 11.8 Å². The van der Waals surface area contributed by atoms with Crippen molar-refractivity contribution in [2.24, 2.45) is 5.10 Å². The number of para-hydroxylation sites is 1. The number of sulfonamides is 1. The lowest BCUT2D eigenvalue weighted by molar-refractivity contribution is 0.122. The van der Waals surface area contributed by atoms with Crippen molar-refractivity contribution in [1.29, 1.82) is 0 Å². The molecule has 0 amide bonds. The fourth-order valence-corrected chi connectivity index (χ4v) is 8.41. The SMILES string of the molecule is CS(=O)(=O)N1CCN(Cc2cc3nc(N/N=C/c4cn(Cc5cccc(Cl)c5Cl)c5ccccc45)nc(N4CCOCC4)c3s2)CC1. The summed E-state index contributed by atoms with van der Waals surface area (Å²) in [4.78, 5) is 15.4. The monoisotopic (exact) mass is 712 g/mol. The van der Waals surface area contributed by atoms with Gasteiger partial charge in [-0.15, -0.1) is 11.3 Å². The molecule has 0 spiro atoms. The number of aromatic nitrogens is 3. The Labute approximate surface area is 287 Å². The third kappa shape index (κ3) is 7.12. The van der Waals surface area contributed by atoms with Gasteiger partial charge in [0.1, 0.15) is 0 Å². The number of thiophene rings is 1. The van der Waals surface area contributed by atoms with Gasteiger partial charge in [0.05, 0.1) is 45.9 Å². The average Bonchev–Trinajstić information content (AvgIpc) is 3.63. The number of benzene rings is 2. The topological polar surface area (TPSA) is 108 Å². The lowest BCUT2D eigenvalue weighted by Gasteiger charge is -2.32. The standard InChI is InChI=1S/C32H34Cl2N8O3S2/c1-47(43,44)42-11-9-39(10-12-42)21-24-17-27-30(46-24)31(40-13-15-45-16-14-40)37-32(36-27)38-35-18-23-20-41(28-8-3-2-6-25(23)28)19-22-5-4-7-26(33)29(22)34/h2-8,17-18,20H,9-16,19,21H2,1H3,(H,36,37,38)/b35-18+. The predicted octanol–water partition coefficient (Wildman–Crippen LogP) is 5.36. The van der Waals surface area contributed by atoms with E-state index in [1.807, 2.05) is 24.3 Å². The largest absolute Gasteiger partial charge is 0.378 e. The van der Waals surface area contributed by atoms with E-state index in [2.05, 4.69) is 49.3 Å². The number of halogens is 2. The minimum atomic E-state index is -3.17. The Morgan fingerprint density at radius 2 is 1.79 bits per heavy atom. The molecule has 7 rings (SSSR count). The minimum Gasteiger partial charge on any atom is -0.378 e. The van der Waals surface area contributed by atoms with Crippen LogP contribution in [0.2, 0.25) is 10.0 Å². The molecule has 47 heavy (non-hydrogen) atoms. The maximum Gasteiger partial charge on any atom is 0.246 e. The number of hydrazone groups is 1. The van der Waals surface area contributed by atoms with E-state index < -0.39 is 10.0 Å². The number of rotatable bonds is 9. The number of ether oxygens (including phenoxy) is 1. The maximum absolute atomic E-state index is 11.9. The summed E-state index contributed by atoms with van der Waals surface area (Å²) >= 11 is 14.5. The summed E-state index contributed by atoms with van der Waals surface area (Å²) in [6, 6.07) is 15.9. The van der Waals surface area contributed by atoms with Gasteiger partial charge in [-0.25, -0.2) is 18.8 Å². The zero-order chi connectivity index (χ0) is 32.5. The summed E-state index contributed by atoms with van der Waals surface area (Å²) in [5.41, 5.74) is 6.87. The minimum absolute atomic E-state index is 0.413. The van der Waals surface area contributed by atoms with E-state index in [0.717, 1.165) is 62.6 Å². The molecule has 2 aliphatic rings. The van der Waals surface area contributed by atoms with Gasteiger partial charge in [-0.2, -0.15) is 14.4 Å². The maximum atomic E-state index is 11.9. The molecule has 246 valence electrons. The second-order valence-electron chi connectivity index (χ2n) is 11.6. The first-order chi connectivity index (χ1) is 22.7. The normalized spacial score (nSPS) is 17.0. The van der Waals surface area contributed by atoms with Crippen molar-refractivity contribution in [3.8, 4) is 0 Å². The van der Waals surface area contributed by atoms with Crippen LogP contribution in [0.1, 0.15) is 16.0 Å². The molecule has 0 radical (unpaired) electrons. The molecule has 0 atom stereocenters. The molecule has 2 aliphatic heterocycles. The van der Waals surface area contributed by atoms with E-state index in [1.54, 1.807) is 27.9 Å². The van der Waals surface area contributed by atoms with Gasteiger partial charge in [-0.05, 0) is 23.8 Å². The van der Waals surface area contributed by atoms with Crippen LogP contribution in [0.5, 0.6) is 0 Å². The molecule has 1 N–H and O–H groups in total. The van der Waals surface area contributed by atoms with Crippen molar-refractivity contribution in [2.75, 3.05) is 69.1 Å². The van der Waals surface area contributed by atoms with Gasteiger partial charge in [0.15, 0.2) is 5.82 Å². The van der Waals surface area contributed by atoms with Crippen molar-refractivity contribution < 1.29 is 13.2 Å². The van der Waals surface area contributed by atoms with E-state index in [1.165, 1.54) is 6.26 Å². The Balaban J connectivity index is 1.13. The molecule has 2 saturated heterocycles. The van der Waals surface area contributed by atoms with E-state index in [-0.39, 0.29) is 0 Å². The molecule has 0 aliphatic carbocycles. The zero-order valence-electron chi connectivity index (χ0n) is 25.8. The summed E-state index contributed by atoms with van der Waals surface area (Å²) < 4.78 is 34.2. The van der Waals surface area contributed by atoms with Crippen LogP contribution in [-0.4, -0.2) is 97.1 Å². The van der Waals surface area contributed by atoms with Crippen LogP contribution >= 0.6 is 34.5 Å². The highest BCUT2D eigenvalue weighted by Crippen LogP contribution is 2.34. The molecule has 11 nitrogen and oxygen atoms in total. The van der Waals surface area contributed by atoms with Crippen LogP contribution < -0.4 is 10.3 Å². The summed E-state index contributed by atoms with van der Waals surface area (Å²) in [6.45, 7) is 6.44. The van der Waals surface area contributed by atoms with E-state index in [0.29, 0.717) is 61.9 Å². The summed E-state index contributed by atoms with van der Waals surface area (Å²) in [7, 11) is -3.17. The second-order valence-corrected chi connectivity index (χ2v) is 15.6. The van der Waals surface area contributed by atoms with E-state index in [4.69, 9.17) is 37.9 Å². The highest BCUT2D eigenvalue weighted by molar-refractivity contribution is 7.88. The predicted molar refractivity (Wildman–Crippen MR) is 191 cm³/mol. The Morgan fingerprint density at radius 1 is 1.00 bits per heavy atom. The lowest BCUT2D eigenvalue weighted by Crippen LogP contribution is -2.47. The van der Waals surface area contributed by atoms with E-state index in [9.17, 15) is 8.42 Å². The Bertz CT molecular complexity index is 2050. The van der Waals surface area contributed by atoms with Gasteiger partial charge in [0, 0.05) is 79.9 Å². The molecule has 0 unspecified atom stereocenters. The average molecular weight is 714 g/mol. The number of hydrogen-bond donors (Lipinski definition) is 1. The van der Waals surface area contributed by atoms with Crippen LogP contribution in [0, 0.1) is 0 Å². The molecule has 15 heteroatoms. The fourth-order valence-electron chi connectivity index (χ4n) is 6.04. The number of hydrogen-bond acceptors (Lipinski definition) is 10. The molecule has 2 fully saturated rings. The number of morpholine rings is 1. The van der Waals surface area contributed by atoms with Gasteiger partial charge >= 0.3 is 0 Å². The highest BCUT2D eigenvalue weighted by Gasteiger charge is 2.25. The van der Waals surface area contributed by atoms with E-state index >= 15 is 0 Å². The van der Waals surface area contributed by atoms with Crippen molar-refractivity contribution >= 4 is 83.7 Å². The highest BCUT2D eigenvalue weighted by atomic mass is 35.5. The smallest absolute Gasteiger partial charge is 0.246 e. The first-order valence-corrected chi connectivity index (χ1v) is 18.8. The third-order valence-corrected chi connectivity index (χ3v) is 11.7. The number of anilines is 2. The lowest BCUT2D eigenvalue weighted by atomic mass is 10.2. The number of piperazine rings is 1. The Kier molecular flexibility index (Phi) is 9.38. The van der Waals surface area contributed by atoms with Crippen molar-refractivity contribution in [3.05, 3.63) is 80.8 Å². The van der Waals surface area contributed by atoms with Crippen molar-refractivity contribution in [1.82, 2.24) is 23.7 Å². The Morgan fingerprint density at radius 3 is 2.57 bits per heavy atom. The molecule has 3 aromatic heterocycles. The van der Waals surface area contributed by atoms with Crippen LogP contribution in [0.15, 0.2) is 59.8 Å². The van der Waals surface area contributed by atoms with Gasteiger partial charge < -0.3 is 14.2 Å². The molecule has 0 saturated carbocycles. The fraction of sp³-hybridized carbons (Fsp3) is 0.344. The molecule has 0 bridgehead atoms. The number of fused-ring (bicyclic) bond motifs is 2. The quantitative estimate of drug-likeness (QED) is 0.161. The molecular formula is C32H34Cl2N8O3S2. The van der Waals surface area contributed by atoms with Crippen LogP contribution in [-0.2, 0) is 27.8 Å². The second kappa shape index (κ2) is 13.7.